The molecular weight excluding hydrogens is 233 g/mol. The summed E-state index contributed by atoms with van der Waals surface area (Å²) in [6, 6.07) is -0.742. The SMILES string of the molecule is O=C(NCCCC1CCCC1)NCC(F)(F)F. The van der Waals surface area contributed by atoms with Gasteiger partial charge in [0.25, 0.3) is 0 Å². The van der Waals surface area contributed by atoms with Gasteiger partial charge in [-0.25, -0.2) is 4.79 Å². The molecule has 6 heteroatoms. The van der Waals surface area contributed by atoms with Gasteiger partial charge in [0.2, 0.25) is 0 Å². The summed E-state index contributed by atoms with van der Waals surface area (Å²) in [5.74, 6) is 0.745. The van der Waals surface area contributed by atoms with Crippen molar-refractivity contribution in [3.8, 4) is 0 Å². The zero-order chi connectivity index (χ0) is 12.7. The summed E-state index contributed by atoms with van der Waals surface area (Å²) in [4.78, 5) is 11.0. The fraction of sp³-hybridized carbons (Fsp3) is 0.909. The van der Waals surface area contributed by atoms with Crippen LogP contribution in [0.3, 0.4) is 0 Å². The quantitative estimate of drug-likeness (QED) is 0.726. The minimum Gasteiger partial charge on any atom is -0.338 e. The van der Waals surface area contributed by atoms with E-state index in [0.717, 1.165) is 18.8 Å². The second kappa shape index (κ2) is 6.71. The number of hydrogen-bond donors (Lipinski definition) is 2. The molecule has 0 aromatic rings. The molecule has 0 aliphatic heterocycles. The third-order valence-corrected chi connectivity index (χ3v) is 3.00. The molecule has 0 spiro atoms. The zero-order valence-electron chi connectivity index (χ0n) is 9.78. The minimum atomic E-state index is -4.35. The number of alkyl halides is 3. The van der Waals surface area contributed by atoms with Gasteiger partial charge >= 0.3 is 12.2 Å². The van der Waals surface area contributed by atoms with Gasteiger partial charge in [-0.1, -0.05) is 25.7 Å². The summed E-state index contributed by atoms with van der Waals surface area (Å²) in [5.41, 5.74) is 0. The van der Waals surface area contributed by atoms with E-state index in [-0.39, 0.29) is 0 Å². The summed E-state index contributed by atoms with van der Waals surface area (Å²) in [6.07, 6.45) is 2.61. The maximum atomic E-state index is 11.8. The predicted octanol–water partition coefficient (Wildman–Crippen LogP) is 2.82. The third-order valence-electron chi connectivity index (χ3n) is 3.00. The van der Waals surface area contributed by atoms with Crippen molar-refractivity contribution < 1.29 is 18.0 Å². The van der Waals surface area contributed by atoms with Gasteiger partial charge in [0.05, 0.1) is 0 Å². The third kappa shape index (κ3) is 7.07. The topological polar surface area (TPSA) is 41.1 Å². The highest BCUT2D eigenvalue weighted by atomic mass is 19.4. The van der Waals surface area contributed by atoms with Gasteiger partial charge in [-0.2, -0.15) is 13.2 Å². The van der Waals surface area contributed by atoms with E-state index < -0.39 is 18.8 Å². The van der Waals surface area contributed by atoms with Crippen molar-refractivity contribution in [1.29, 1.82) is 0 Å². The largest absolute Gasteiger partial charge is 0.405 e. The normalized spacial score (nSPS) is 17.1. The molecule has 1 saturated carbocycles. The molecule has 0 atom stereocenters. The lowest BCUT2D eigenvalue weighted by molar-refractivity contribution is -0.122. The van der Waals surface area contributed by atoms with Gasteiger partial charge in [0, 0.05) is 6.54 Å². The van der Waals surface area contributed by atoms with Crippen molar-refractivity contribution in [2.75, 3.05) is 13.1 Å². The molecule has 1 aliphatic rings. The van der Waals surface area contributed by atoms with Gasteiger partial charge in [-0.15, -0.1) is 0 Å². The lowest BCUT2D eigenvalue weighted by Crippen LogP contribution is -2.41. The molecule has 17 heavy (non-hydrogen) atoms. The molecule has 0 heterocycles. The second-order valence-corrected chi connectivity index (χ2v) is 4.52. The first-order chi connectivity index (χ1) is 7.97. The Bertz CT molecular complexity index is 237. The maximum absolute atomic E-state index is 11.8. The molecule has 0 unspecified atom stereocenters. The van der Waals surface area contributed by atoms with Crippen LogP contribution in [-0.4, -0.2) is 25.3 Å². The Morgan fingerprint density at radius 3 is 2.41 bits per heavy atom. The van der Waals surface area contributed by atoms with Gasteiger partial charge < -0.3 is 10.6 Å². The average Bonchev–Trinajstić information content (AvgIpc) is 2.73. The maximum Gasteiger partial charge on any atom is 0.405 e. The Balaban J connectivity index is 1.96. The van der Waals surface area contributed by atoms with E-state index in [9.17, 15) is 18.0 Å². The van der Waals surface area contributed by atoms with E-state index in [4.69, 9.17) is 0 Å². The van der Waals surface area contributed by atoms with Crippen molar-refractivity contribution >= 4 is 6.03 Å². The number of rotatable bonds is 5. The molecule has 0 saturated heterocycles. The van der Waals surface area contributed by atoms with Crippen molar-refractivity contribution in [1.82, 2.24) is 10.6 Å². The number of urea groups is 1. The molecule has 100 valence electrons. The van der Waals surface area contributed by atoms with E-state index in [1.807, 2.05) is 0 Å². The van der Waals surface area contributed by atoms with Crippen molar-refractivity contribution in [3.63, 3.8) is 0 Å². The monoisotopic (exact) mass is 252 g/mol. The van der Waals surface area contributed by atoms with Gasteiger partial charge in [0.1, 0.15) is 6.54 Å². The van der Waals surface area contributed by atoms with E-state index in [1.54, 1.807) is 5.32 Å². The Kier molecular flexibility index (Phi) is 5.58. The second-order valence-electron chi connectivity index (χ2n) is 4.52. The van der Waals surface area contributed by atoms with Crippen LogP contribution in [0.1, 0.15) is 38.5 Å². The summed E-state index contributed by atoms with van der Waals surface area (Å²) < 4.78 is 35.3. The van der Waals surface area contributed by atoms with Crippen LogP contribution in [0.2, 0.25) is 0 Å². The highest BCUT2D eigenvalue weighted by molar-refractivity contribution is 5.73. The highest BCUT2D eigenvalue weighted by Crippen LogP contribution is 2.28. The Hall–Kier alpha value is -0.940. The Morgan fingerprint density at radius 2 is 1.82 bits per heavy atom. The number of hydrogen-bond acceptors (Lipinski definition) is 1. The van der Waals surface area contributed by atoms with E-state index in [2.05, 4.69) is 5.32 Å². The number of carbonyl (C=O) groups is 1. The van der Waals surface area contributed by atoms with Crippen molar-refractivity contribution in [2.45, 2.75) is 44.7 Å². The van der Waals surface area contributed by atoms with Gasteiger partial charge in [-0.05, 0) is 18.8 Å². The van der Waals surface area contributed by atoms with Crippen LogP contribution in [0.25, 0.3) is 0 Å². The van der Waals surface area contributed by atoms with Crippen LogP contribution in [0.5, 0.6) is 0 Å². The Labute approximate surface area is 99.1 Å². The van der Waals surface area contributed by atoms with Crippen LogP contribution in [-0.2, 0) is 0 Å². The van der Waals surface area contributed by atoms with Crippen LogP contribution >= 0.6 is 0 Å². The lowest BCUT2D eigenvalue weighted by Gasteiger charge is -2.11. The van der Waals surface area contributed by atoms with Crippen LogP contribution < -0.4 is 10.6 Å². The molecule has 1 rings (SSSR count). The van der Waals surface area contributed by atoms with Gasteiger partial charge in [-0.3, -0.25) is 0 Å². The summed E-state index contributed by atoms with van der Waals surface area (Å²) in [5, 5.41) is 4.21. The number of nitrogens with one attached hydrogen (secondary N) is 2. The Morgan fingerprint density at radius 1 is 1.18 bits per heavy atom. The first-order valence-corrected chi connectivity index (χ1v) is 6.06. The van der Waals surface area contributed by atoms with Crippen molar-refractivity contribution in [2.24, 2.45) is 5.92 Å². The number of halogens is 3. The predicted molar refractivity (Wildman–Crippen MR) is 58.6 cm³/mol. The number of carbonyl (C=O) groups excluding carboxylic acids is 1. The van der Waals surface area contributed by atoms with Gasteiger partial charge in [0.15, 0.2) is 0 Å². The molecule has 1 aliphatic carbocycles. The molecule has 0 aromatic heterocycles. The first-order valence-electron chi connectivity index (χ1n) is 6.06. The molecular formula is C11H19F3N2O. The summed E-state index contributed by atoms with van der Waals surface area (Å²) in [6.45, 7) is -0.832. The minimum absolute atomic E-state index is 0.445. The molecule has 0 radical (unpaired) electrons. The van der Waals surface area contributed by atoms with E-state index in [1.165, 1.54) is 25.7 Å². The zero-order valence-corrected chi connectivity index (χ0v) is 9.78. The summed E-state index contributed by atoms with van der Waals surface area (Å²) >= 11 is 0. The highest BCUT2D eigenvalue weighted by Gasteiger charge is 2.27. The van der Waals surface area contributed by atoms with Crippen LogP contribution in [0.15, 0.2) is 0 Å². The van der Waals surface area contributed by atoms with E-state index >= 15 is 0 Å². The summed E-state index contributed by atoms with van der Waals surface area (Å²) in [7, 11) is 0. The molecule has 3 nitrogen and oxygen atoms in total. The molecule has 0 bridgehead atoms. The average molecular weight is 252 g/mol. The number of amides is 2. The first kappa shape index (κ1) is 14.1. The smallest absolute Gasteiger partial charge is 0.338 e. The van der Waals surface area contributed by atoms with Crippen molar-refractivity contribution in [3.05, 3.63) is 0 Å². The molecule has 2 amide bonds. The van der Waals surface area contributed by atoms with Crippen LogP contribution in [0, 0.1) is 5.92 Å². The molecule has 0 aromatic carbocycles. The fourth-order valence-electron chi connectivity index (χ4n) is 2.13. The van der Waals surface area contributed by atoms with Crippen LogP contribution in [0.4, 0.5) is 18.0 Å². The lowest BCUT2D eigenvalue weighted by atomic mass is 10.0. The molecule has 2 N–H and O–H groups in total. The standard InChI is InChI=1S/C11H19F3N2O/c12-11(13,14)8-16-10(17)15-7-3-6-9-4-1-2-5-9/h9H,1-8H2,(H2,15,16,17). The van der Waals surface area contributed by atoms with E-state index in [0.29, 0.717) is 6.54 Å². The molecule has 1 fully saturated rings. The fourth-order valence-corrected chi connectivity index (χ4v) is 2.13.